The van der Waals surface area contributed by atoms with E-state index in [0.29, 0.717) is 36.5 Å². The van der Waals surface area contributed by atoms with E-state index in [0.717, 1.165) is 16.8 Å². The number of aliphatic hydroxyl groups excluding tert-OH is 2. The molecular formula is C27H25FN4O5. The number of benzene rings is 3. The average molecular weight is 505 g/mol. The number of nitrogens with zero attached hydrogens (tertiary/aromatic N) is 2. The number of nitrogens with one attached hydrogen (secondary N) is 1. The number of hydrogen-bond donors (Lipinski definition) is 4. The Balaban J connectivity index is 1.62. The SMILES string of the molecule is NC1CCN(c2c(F)cc3c(=O)c(C(=O)NCC(O)CO)cn4c3c2Oc2cc3ccccc3cc2-4)C1. The van der Waals surface area contributed by atoms with Crippen LogP contribution in [0.5, 0.6) is 11.5 Å². The van der Waals surface area contributed by atoms with Crippen LogP contribution in [0.2, 0.25) is 0 Å². The van der Waals surface area contributed by atoms with Crippen LogP contribution < -0.4 is 26.1 Å². The molecule has 0 radical (unpaired) electrons. The first-order chi connectivity index (χ1) is 17.9. The van der Waals surface area contributed by atoms with Gasteiger partial charge >= 0.3 is 0 Å². The number of carbonyl (C=O) groups is 1. The van der Waals surface area contributed by atoms with Crippen LogP contribution in [0.3, 0.4) is 0 Å². The third-order valence-corrected chi connectivity index (χ3v) is 6.96. The lowest BCUT2D eigenvalue weighted by Gasteiger charge is -2.29. The molecule has 4 aromatic rings. The summed E-state index contributed by atoms with van der Waals surface area (Å²) in [5.41, 5.74) is 6.39. The number of halogens is 1. The fraction of sp³-hybridized carbons (Fsp3) is 0.259. The van der Waals surface area contributed by atoms with E-state index in [1.165, 1.54) is 6.20 Å². The molecule has 2 atom stereocenters. The van der Waals surface area contributed by atoms with Crippen molar-refractivity contribution < 1.29 is 24.1 Å². The molecule has 0 aliphatic carbocycles. The third-order valence-electron chi connectivity index (χ3n) is 6.96. The number of rotatable bonds is 5. The van der Waals surface area contributed by atoms with Gasteiger partial charge in [0.2, 0.25) is 5.43 Å². The highest BCUT2D eigenvalue weighted by atomic mass is 19.1. The molecule has 1 aromatic heterocycles. The molecule has 1 fully saturated rings. The second-order valence-electron chi connectivity index (χ2n) is 9.48. The summed E-state index contributed by atoms with van der Waals surface area (Å²) < 4.78 is 23.7. The van der Waals surface area contributed by atoms with Crippen LogP contribution >= 0.6 is 0 Å². The van der Waals surface area contributed by atoms with Crippen molar-refractivity contribution in [2.24, 2.45) is 5.73 Å². The molecule has 1 saturated heterocycles. The predicted octanol–water partition coefficient (Wildman–Crippen LogP) is 2.01. The lowest BCUT2D eigenvalue weighted by molar-refractivity contribution is 0.0801. The van der Waals surface area contributed by atoms with Crippen LogP contribution in [0, 0.1) is 5.82 Å². The number of anilines is 1. The van der Waals surface area contributed by atoms with Crippen LogP contribution in [0.25, 0.3) is 27.4 Å². The molecule has 2 aliphatic heterocycles. The van der Waals surface area contributed by atoms with Crippen molar-refractivity contribution in [1.29, 1.82) is 0 Å². The van der Waals surface area contributed by atoms with E-state index in [-0.39, 0.29) is 35.0 Å². The highest BCUT2D eigenvalue weighted by Gasteiger charge is 2.33. The first-order valence-electron chi connectivity index (χ1n) is 12.1. The Morgan fingerprint density at radius 2 is 2.00 bits per heavy atom. The second-order valence-corrected chi connectivity index (χ2v) is 9.48. The summed E-state index contributed by atoms with van der Waals surface area (Å²) in [4.78, 5) is 28.2. The van der Waals surface area contributed by atoms with Gasteiger partial charge in [0, 0.05) is 31.9 Å². The summed E-state index contributed by atoms with van der Waals surface area (Å²) in [6.45, 7) is 0.201. The van der Waals surface area contributed by atoms with Crippen molar-refractivity contribution in [3.63, 3.8) is 0 Å². The van der Waals surface area contributed by atoms with Gasteiger partial charge in [0.25, 0.3) is 5.91 Å². The minimum absolute atomic E-state index is 0.00564. The molecule has 0 bridgehead atoms. The fourth-order valence-electron chi connectivity index (χ4n) is 5.11. The van der Waals surface area contributed by atoms with Crippen LogP contribution in [0.15, 0.2) is 53.5 Å². The van der Waals surface area contributed by atoms with Gasteiger partial charge in [-0.05, 0) is 35.4 Å². The summed E-state index contributed by atoms with van der Waals surface area (Å²) in [6.07, 6.45) is 0.941. The summed E-state index contributed by atoms with van der Waals surface area (Å²) in [5.74, 6) is -0.730. The molecule has 3 heterocycles. The largest absolute Gasteiger partial charge is 0.451 e. The molecule has 2 unspecified atom stereocenters. The number of fused-ring (bicyclic) bond motifs is 3. The van der Waals surface area contributed by atoms with Gasteiger partial charge in [-0.25, -0.2) is 4.39 Å². The smallest absolute Gasteiger partial charge is 0.256 e. The van der Waals surface area contributed by atoms with Crippen LogP contribution in [-0.4, -0.2) is 59.1 Å². The van der Waals surface area contributed by atoms with Gasteiger partial charge in [0.1, 0.15) is 16.8 Å². The lowest BCUT2D eigenvalue weighted by atomic mass is 10.0. The first kappa shape index (κ1) is 23.4. The molecule has 0 saturated carbocycles. The maximum Gasteiger partial charge on any atom is 0.256 e. The number of nitrogens with two attached hydrogens (primary N) is 1. The molecular weight excluding hydrogens is 479 g/mol. The Morgan fingerprint density at radius 3 is 2.70 bits per heavy atom. The number of ether oxygens (including phenoxy) is 1. The van der Waals surface area contributed by atoms with Gasteiger partial charge in [-0.15, -0.1) is 0 Å². The molecule has 9 nitrogen and oxygen atoms in total. The van der Waals surface area contributed by atoms with Crippen LogP contribution in [0.4, 0.5) is 10.1 Å². The van der Waals surface area contributed by atoms with E-state index in [1.807, 2.05) is 41.3 Å². The zero-order chi connectivity index (χ0) is 25.8. The maximum absolute atomic E-state index is 15.7. The summed E-state index contributed by atoms with van der Waals surface area (Å²) in [7, 11) is 0. The molecule has 6 rings (SSSR count). The predicted molar refractivity (Wildman–Crippen MR) is 137 cm³/mol. The monoisotopic (exact) mass is 504 g/mol. The maximum atomic E-state index is 15.7. The Hall–Kier alpha value is -3.99. The zero-order valence-corrected chi connectivity index (χ0v) is 19.8. The quantitative estimate of drug-likeness (QED) is 0.288. The van der Waals surface area contributed by atoms with E-state index >= 15 is 4.39 Å². The van der Waals surface area contributed by atoms with E-state index in [4.69, 9.17) is 15.6 Å². The highest BCUT2D eigenvalue weighted by molar-refractivity contribution is 6.02. The van der Waals surface area contributed by atoms with Gasteiger partial charge in [-0.1, -0.05) is 24.3 Å². The minimum atomic E-state index is -1.18. The minimum Gasteiger partial charge on any atom is -0.451 e. The molecule has 3 aromatic carbocycles. The summed E-state index contributed by atoms with van der Waals surface area (Å²) in [5, 5.41) is 23.0. The van der Waals surface area contributed by atoms with Crippen molar-refractivity contribution in [2.45, 2.75) is 18.6 Å². The number of carbonyl (C=O) groups excluding carboxylic acids is 1. The average Bonchev–Trinajstić information content (AvgIpc) is 3.32. The van der Waals surface area contributed by atoms with E-state index in [1.54, 1.807) is 4.57 Å². The van der Waals surface area contributed by atoms with Gasteiger partial charge in [0.05, 0.1) is 23.8 Å². The Bertz CT molecular complexity index is 1640. The van der Waals surface area contributed by atoms with Crippen LogP contribution in [0.1, 0.15) is 16.8 Å². The standard InChI is InChI=1S/C27H25FN4O5/c28-20-9-18-23-26(24(20)31-6-5-16(29)11-31)37-22-8-15-4-2-1-3-14(15)7-21(22)32(23)12-19(25(18)35)27(36)30-10-17(34)13-33/h1-4,7-9,12,16-17,33-34H,5-6,10-11,13,29H2,(H,30,36). The van der Waals surface area contributed by atoms with Gasteiger partial charge < -0.3 is 35.5 Å². The molecule has 190 valence electrons. The summed E-state index contributed by atoms with van der Waals surface area (Å²) in [6, 6.07) is 12.5. The Labute approximate surface area is 210 Å². The van der Waals surface area contributed by atoms with E-state index in [9.17, 15) is 14.7 Å². The van der Waals surface area contributed by atoms with Crippen molar-refractivity contribution in [3.05, 3.63) is 70.3 Å². The number of aromatic nitrogens is 1. The van der Waals surface area contributed by atoms with E-state index < -0.39 is 29.9 Å². The molecule has 37 heavy (non-hydrogen) atoms. The third kappa shape index (κ3) is 3.81. The molecule has 2 aliphatic rings. The highest BCUT2D eigenvalue weighted by Crippen LogP contribution is 2.48. The van der Waals surface area contributed by atoms with Crippen molar-refractivity contribution in [1.82, 2.24) is 9.88 Å². The fourth-order valence-corrected chi connectivity index (χ4v) is 5.11. The molecule has 0 spiro atoms. The van der Waals surface area contributed by atoms with Crippen molar-refractivity contribution in [3.8, 4) is 17.2 Å². The van der Waals surface area contributed by atoms with E-state index in [2.05, 4.69) is 5.32 Å². The first-order valence-corrected chi connectivity index (χ1v) is 12.1. The summed E-state index contributed by atoms with van der Waals surface area (Å²) >= 11 is 0. The molecule has 5 N–H and O–H groups in total. The second kappa shape index (κ2) is 8.84. The number of pyridine rings is 1. The topological polar surface area (TPSA) is 130 Å². The molecule has 10 heteroatoms. The van der Waals surface area contributed by atoms with Gasteiger partial charge in [-0.3, -0.25) is 9.59 Å². The number of hydrogen-bond acceptors (Lipinski definition) is 7. The Morgan fingerprint density at radius 1 is 1.24 bits per heavy atom. The lowest BCUT2D eigenvalue weighted by Crippen LogP contribution is -2.36. The van der Waals surface area contributed by atoms with Gasteiger partial charge in [-0.2, -0.15) is 0 Å². The number of aliphatic hydroxyl groups is 2. The zero-order valence-electron chi connectivity index (χ0n) is 19.8. The van der Waals surface area contributed by atoms with Crippen molar-refractivity contribution >= 4 is 33.3 Å². The number of amides is 1. The molecule has 1 amide bonds. The van der Waals surface area contributed by atoms with Gasteiger partial charge in [0.15, 0.2) is 17.3 Å². The normalized spacial score (nSPS) is 17.1. The van der Waals surface area contributed by atoms with Crippen LogP contribution in [-0.2, 0) is 0 Å². The Kier molecular flexibility index (Phi) is 5.59. The van der Waals surface area contributed by atoms with Crippen molar-refractivity contribution in [2.75, 3.05) is 31.1 Å².